The molecule has 1 aliphatic rings. The van der Waals surface area contributed by atoms with Crippen LogP contribution < -0.4 is 9.47 Å². The molecule has 0 saturated heterocycles. The molecule has 2 heterocycles. The number of anilines is 1. The van der Waals surface area contributed by atoms with E-state index >= 15 is 0 Å². The SMILES string of the molecule is CN1C=CC(=Cc2sc3cc(-c4ccccc4)ccc3[n+]2C)c2ccccc21. The topological polar surface area (TPSA) is 7.12 Å². The lowest BCUT2D eigenvalue weighted by Gasteiger charge is -2.23. The van der Waals surface area contributed by atoms with Crippen molar-refractivity contribution in [1.82, 2.24) is 0 Å². The molecular weight excluding hydrogens is 360 g/mol. The molecule has 0 atom stereocenters. The van der Waals surface area contributed by atoms with Crippen molar-refractivity contribution >= 4 is 38.9 Å². The van der Waals surface area contributed by atoms with Gasteiger partial charge in [0, 0.05) is 36.6 Å². The van der Waals surface area contributed by atoms with Gasteiger partial charge in [-0.25, -0.2) is 0 Å². The van der Waals surface area contributed by atoms with Crippen LogP contribution in [0.2, 0.25) is 0 Å². The Hall–Kier alpha value is -3.17. The van der Waals surface area contributed by atoms with Gasteiger partial charge in [0.25, 0.3) is 5.01 Å². The lowest BCUT2D eigenvalue weighted by atomic mass is 10.00. The van der Waals surface area contributed by atoms with Gasteiger partial charge in [0.15, 0.2) is 0 Å². The smallest absolute Gasteiger partial charge is 0.263 e. The van der Waals surface area contributed by atoms with Gasteiger partial charge < -0.3 is 4.90 Å². The fraction of sp³-hybridized carbons (Fsp3) is 0.0800. The second-order valence-electron chi connectivity index (χ2n) is 7.09. The van der Waals surface area contributed by atoms with E-state index in [1.165, 1.54) is 43.2 Å². The predicted octanol–water partition coefficient (Wildman–Crippen LogP) is 5.90. The molecule has 0 saturated carbocycles. The Morgan fingerprint density at radius 2 is 1.68 bits per heavy atom. The third-order valence-corrected chi connectivity index (χ3v) is 6.47. The first-order valence-corrected chi connectivity index (χ1v) is 10.2. The molecule has 0 spiro atoms. The number of thiazole rings is 1. The van der Waals surface area contributed by atoms with E-state index < -0.39 is 0 Å². The average Bonchev–Trinajstić information content (AvgIpc) is 3.06. The highest BCUT2D eigenvalue weighted by atomic mass is 32.1. The summed E-state index contributed by atoms with van der Waals surface area (Å²) in [5.41, 5.74) is 7.55. The molecule has 4 aromatic rings. The number of hydrogen-bond donors (Lipinski definition) is 0. The summed E-state index contributed by atoms with van der Waals surface area (Å²) in [5, 5.41) is 1.25. The fourth-order valence-corrected chi connectivity index (χ4v) is 4.90. The monoisotopic (exact) mass is 381 g/mol. The van der Waals surface area contributed by atoms with Crippen LogP contribution in [0.25, 0.3) is 33.0 Å². The minimum Gasteiger partial charge on any atom is -0.351 e. The highest BCUT2D eigenvalue weighted by Crippen LogP contribution is 2.34. The summed E-state index contributed by atoms with van der Waals surface area (Å²) in [5.74, 6) is 0. The highest BCUT2D eigenvalue weighted by molar-refractivity contribution is 7.19. The third kappa shape index (κ3) is 2.85. The molecule has 3 aromatic carbocycles. The molecule has 1 aromatic heterocycles. The summed E-state index contributed by atoms with van der Waals surface area (Å²) in [6.07, 6.45) is 6.63. The van der Waals surface area contributed by atoms with Gasteiger partial charge in [-0.2, -0.15) is 4.57 Å². The van der Waals surface area contributed by atoms with Gasteiger partial charge in [0.2, 0.25) is 5.52 Å². The summed E-state index contributed by atoms with van der Waals surface area (Å²) in [6.45, 7) is 0. The first-order valence-electron chi connectivity index (χ1n) is 9.41. The summed E-state index contributed by atoms with van der Waals surface area (Å²) < 4.78 is 3.59. The molecule has 0 bridgehead atoms. The summed E-state index contributed by atoms with van der Waals surface area (Å²) in [4.78, 5) is 2.17. The molecule has 5 rings (SSSR count). The third-order valence-electron chi connectivity index (χ3n) is 5.33. The first-order chi connectivity index (χ1) is 13.7. The number of para-hydroxylation sites is 1. The van der Waals surface area contributed by atoms with Crippen LogP contribution >= 0.6 is 11.3 Å². The van der Waals surface area contributed by atoms with Gasteiger partial charge in [-0.05, 0) is 41.0 Å². The number of rotatable bonds is 2. The number of nitrogens with zero attached hydrogens (tertiary/aromatic N) is 2. The lowest BCUT2D eigenvalue weighted by molar-refractivity contribution is -0.642. The van der Waals surface area contributed by atoms with Crippen molar-refractivity contribution in [3.05, 3.63) is 95.6 Å². The first kappa shape index (κ1) is 17.0. The van der Waals surface area contributed by atoms with E-state index in [9.17, 15) is 0 Å². The van der Waals surface area contributed by atoms with Gasteiger partial charge in [-0.15, -0.1) is 0 Å². The predicted molar refractivity (Wildman–Crippen MR) is 120 cm³/mol. The zero-order valence-corrected chi connectivity index (χ0v) is 16.8. The maximum Gasteiger partial charge on any atom is 0.263 e. The number of fused-ring (bicyclic) bond motifs is 2. The van der Waals surface area contributed by atoms with Crippen LogP contribution in [0.3, 0.4) is 0 Å². The van der Waals surface area contributed by atoms with Crippen molar-refractivity contribution in [2.45, 2.75) is 0 Å². The fourth-order valence-electron chi connectivity index (χ4n) is 3.76. The van der Waals surface area contributed by atoms with Crippen molar-refractivity contribution in [2.75, 3.05) is 11.9 Å². The average molecular weight is 382 g/mol. The van der Waals surface area contributed by atoms with E-state index in [2.05, 4.69) is 115 Å². The minimum atomic E-state index is 1.24. The van der Waals surface area contributed by atoms with Crippen LogP contribution in [0.4, 0.5) is 5.69 Å². The van der Waals surface area contributed by atoms with E-state index in [-0.39, 0.29) is 0 Å². The normalized spacial score (nSPS) is 14.6. The maximum atomic E-state index is 2.30. The number of benzene rings is 3. The van der Waals surface area contributed by atoms with E-state index in [0.717, 1.165) is 0 Å². The Labute approximate surface area is 169 Å². The highest BCUT2D eigenvalue weighted by Gasteiger charge is 2.19. The summed E-state index contributed by atoms with van der Waals surface area (Å²) in [6, 6.07) is 25.9. The molecule has 0 N–H and O–H groups in total. The maximum absolute atomic E-state index is 2.30. The molecule has 28 heavy (non-hydrogen) atoms. The van der Waals surface area contributed by atoms with Crippen molar-refractivity contribution in [2.24, 2.45) is 7.05 Å². The van der Waals surface area contributed by atoms with Crippen LogP contribution in [0.5, 0.6) is 0 Å². The Morgan fingerprint density at radius 1 is 0.893 bits per heavy atom. The van der Waals surface area contributed by atoms with E-state index in [0.29, 0.717) is 0 Å². The molecular formula is C25H21N2S+. The van der Waals surface area contributed by atoms with Crippen LogP contribution in [0.1, 0.15) is 10.6 Å². The van der Waals surface area contributed by atoms with Crippen molar-refractivity contribution in [3.63, 3.8) is 0 Å². The molecule has 3 heteroatoms. The zero-order valence-electron chi connectivity index (χ0n) is 16.0. The van der Waals surface area contributed by atoms with Crippen molar-refractivity contribution < 1.29 is 4.57 Å². The van der Waals surface area contributed by atoms with Crippen LogP contribution in [-0.2, 0) is 7.05 Å². The number of allylic oxidation sites excluding steroid dienone is 2. The summed E-state index contributed by atoms with van der Waals surface area (Å²) in [7, 11) is 4.24. The van der Waals surface area contributed by atoms with E-state index in [1.54, 1.807) is 0 Å². The number of hydrogen-bond acceptors (Lipinski definition) is 2. The van der Waals surface area contributed by atoms with Crippen LogP contribution in [0, 0.1) is 0 Å². The standard InChI is InChI=1S/C25H21N2S/c1-26-15-14-20(21-10-6-7-11-22(21)26)17-25-27(2)23-13-12-19(16-24(23)28-25)18-8-4-3-5-9-18/h3-17H,1-2H3/q+1. The molecule has 0 unspecified atom stereocenters. The van der Waals surface area contributed by atoms with Crippen LogP contribution in [-0.4, -0.2) is 7.05 Å². The van der Waals surface area contributed by atoms with Gasteiger partial charge >= 0.3 is 0 Å². The Balaban J connectivity index is 1.61. The molecule has 0 aliphatic carbocycles. The van der Waals surface area contributed by atoms with Crippen molar-refractivity contribution in [1.29, 1.82) is 0 Å². The zero-order chi connectivity index (χ0) is 19.1. The van der Waals surface area contributed by atoms with Crippen LogP contribution in [0.15, 0.2) is 85.1 Å². The molecule has 136 valence electrons. The molecule has 0 amide bonds. The second kappa shape index (κ2) is 6.77. The molecule has 1 aliphatic heterocycles. The minimum absolute atomic E-state index is 1.24. The quantitative estimate of drug-likeness (QED) is 0.392. The Bertz CT molecular complexity index is 1230. The van der Waals surface area contributed by atoms with Crippen molar-refractivity contribution in [3.8, 4) is 11.1 Å². The van der Waals surface area contributed by atoms with Gasteiger partial charge in [-0.3, -0.25) is 0 Å². The van der Waals surface area contributed by atoms with E-state index in [4.69, 9.17) is 0 Å². The van der Waals surface area contributed by atoms with Gasteiger partial charge in [-0.1, -0.05) is 59.9 Å². The Morgan fingerprint density at radius 3 is 2.54 bits per heavy atom. The number of aromatic nitrogens is 1. The molecule has 0 radical (unpaired) electrons. The second-order valence-corrected chi connectivity index (χ2v) is 8.15. The van der Waals surface area contributed by atoms with E-state index in [1.807, 2.05) is 11.3 Å². The van der Waals surface area contributed by atoms with Gasteiger partial charge in [0.05, 0.1) is 0 Å². The van der Waals surface area contributed by atoms with Gasteiger partial charge in [0.1, 0.15) is 11.7 Å². The number of aryl methyl sites for hydroxylation is 1. The summed E-state index contributed by atoms with van der Waals surface area (Å²) >= 11 is 1.84. The Kier molecular flexibility index (Phi) is 4.10. The molecule has 0 fully saturated rings. The lowest BCUT2D eigenvalue weighted by Crippen LogP contribution is -2.29. The largest absolute Gasteiger partial charge is 0.351 e. The molecule has 2 nitrogen and oxygen atoms in total.